The molecule has 18 heavy (non-hydrogen) atoms. The number of nitrogens with zero attached hydrogens (tertiary/aromatic N) is 1. The van der Waals surface area contributed by atoms with Crippen molar-refractivity contribution in [3.63, 3.8) is 0 Å². The summed E-state index contributed by atoms with van der Waals surface area (Å²) >= 11 is 0. The lowest BCUT2D eigenvalue weighted by molar-refractivity contribution is -0.384. The maximum absolute atomic E-state index is 10.7. The van der Waals surface area contributed by atoms with E-state index in [1.54, 1.807) is 12.1 Å². The normalized spacial score (nSPS) is 14.2. The topological polar surface area (TPSA) is 55.2 Å². The number of nitro groups is 1. The molecule has 0 aliphatic heterocycles. The average Bonchev–Trinajstić information content (AvgIpc) is 2.36. The van der Waals surface area contributed by atoms with Gasteiger partial charge in [-0.2, -0.15) is 0 Å². The van der Waals surface area contributed by atoms with Gasteiger partial charge in [-0.3, -0.25) is 10.1 Å². The van der Waals surface area contributed by atoms with E-state index in [4.69, 9.17) is 0 Å². The highest BCUT2D eigenvalue weighted by molar-refractivity contribution is 5.34. The Morgan fingerprint density at radius 2 is 2.11 bits per heavy atom. The molecule has 1 aromatic carbocycles. The minimum absolute atomic E-state index is 0.156. The summed E-state index contributed by atoms with van der Waals surface area (Å²) < 4.78 is 0. The summed E-state index contributed by atoms with van der Waals surface area (Å²) in [6, 6.07) is 7.22. The highest BCUT2D eigenvalue weighted by atomic mass is 16.6. The molecule has 0 fully saturated rings. The molecule has 2 unspecified atom stereocenters. The molecule has 0 amide bonds. The summed E-state index contributed by atoms with van der Waals surface area (Å²) in [5.74, 6) is 0.706. The molecule has 0 saturated heterocycles. The molecule has 0 radical (unpaired) electrons. The lowest BCUT2D eigenvalue weighted by atomic mass is 10.0. The van der Waals surface area contributed by atoms with Gasteiger partial charge < -0.3 is 5.32 Å². The van der Waals surface area contributed by atoms with Crippen molar-refractivity contribution in [1.29, 1.82) is 0 Å². The van der Waals surface area contributed by atoms with Crippen molar-refractivity contribution in [2.24, 2.45) is 5.92 Å². The molecule has 4 nitrogen and oxygen atoms in total. The zero-order valence-electron chi connectivity index (χ0n) is 11.3. The molecule has 0 bridgehead atoms. The first kappa shape index (κ1) is 14.6. The van der Waals surface area contributed by atoms with E-state index in [0.717, 1.165) is 12.0 Å². The smallest absolute Gasteiger partial charge is 0.269 e. The van der Waals surface area contributed by atoms with Crippen LogP contribution in [0.15, 0.2) is 24.3 Å². The predicted octanol–water partition coefficient (Wildman–Crippen LogP) is 3.51. The van der Waals surface area contributed by atoms with Crippen molar-refractivity contribution >= 4 is 5.69 Å². The van der Waals surface area contributed by atoms with Crippen molar-refractivity contribution in [3.8, 4) is 0 Å². The second-order valence-corrected chi connectivity index (χ2v) is 4.96. The lowest BCUT2D eigenvalue weighted by Gasteiger charge is -2.17. The number of rotatable bonds is 7. The van der Waals surface area contributed by atoms with Gasteiger partial charge in [0.1, 0.15) is 0 Å². The summed E-state index contributed by atoms with van der Waals surface area (Å²) in [4.78, 5) is 10.3. The summed E-state index contributed by atoms with van der Waals surface area (Å²) in [7, 11) is 0. The molecule has 0 heterocycles. The molecule has 2 atom stereocenters. The third-order valence-electron chi connectivity index (χ3n) is 3.23. The zero-order valence-corrected chi connectivity index (χ0v) is 11.3. The molecule has 0 spiro atoms. The van der Waals surface area contributed by atoms with Crippen LogP contribution in [0, 0.1) is 16.0 Å². The van der Waals surface area contributed by atoms with Crippen LogP contribution in [-0.2, 0) is 6.54 Å². The molecule has 100 valence electrons. The molecule has 1 aromatic rings. The minimum Gasteiger partial charge on any atom is -0.310 e. The molecule has 0 aliphatic carbocycles. The fourth-order valence-corrected chi connectivity index (χ4v) is 1.93. The summed E-state index contributed by atoms with van der Waals surface area (Å²) in [5, 5.41) is 14.1. The number of hydrogen-bond acceptors (Lipinski definition) is 3. The van der Waals surface area contributed by atoms with Gasteiger partial charge in [0, 0.05) is 24.7 Å². The Kier molecular flexibility index (Phi) is 5.78. The van der Waals surface area contributed by atoms with Gasteiger partial charge in [-0.1, -0.05) is 32.4 Å². The second-order valence-electron chi connectivity index (χ2n) is 4.96. The van der Waals surface area contributed by atoms with E-state index in [2.05, 4.69) is 26.1 Å². The molecule has 0 aliphatic rings. The van der Waals surface area contributed by atoms with Gasteiger partial charge in [-0.25, -0.2) is 0 Å². The number of nitro benzene ring substituents is 1. The van der Waals surface area contributed by atoms with Gasteiger partial charge in [-0.05, 0) is 24.8 Å². The second kappa shape index (κ2) is 7.11. The molecule has 4 heteroatoms. The fraction of sp³-hybridized carbons (Fsp3) is 0.571. The Morgan fingerprint density at radius 1 is 1.39 bits per heavy atom. The van der Waals surface area contributed by atoms with E-state index in [1.165, 1.54) is 12.5 Å². The van der Waals surface area contributed by atoms with Gasteiger partial charge in [0.25, 0.3) is 5.69 Å². The van der Waals surface area contributed by atoms with Crippen molar-refractivity contribution in [2.45, 2.75) is 46.2 Å². The van der Waals surface area contributed by atoms with Crippen LogP contribution in [0.4, 0.5) is 5.69 Å². The van der Waals surface area contributed by atoms with Crippen LogP contribution in [-0.4, -0.2) is 11.0 Å². The maximum atomic E-state index is 10.7. The first-order chi connectivity index (χ1) is 8.52. The molecular weight excluding hydrogens is 228 g/mol. The number of benzene rings is 1. The van der Waals surface area contributed by atoms with Crippen molar-refractivity contribution in [2.75, 3.05) is 0 Å². The number of nitrogens with one attached hydrogen (secondary N) is 1. The van der Waals surface area contributed by atoms with E-state index in [0.29, 0.717) is 18.5 Å². The Bertz CT molecular complexity index is 393. The van der Waals surface area contributed by atoms with Gasteiger partial charge in [0.05, 0.1) is 4.92 Å². The molecular formula is C14H22N2O2. The van der Waals surface area contributed by atoms with Crippen LogP contribution in [0.3, 0.4) is 0 Å². The predicted molar refractivity (Wildman–Crippen MR) is 73.5 cm³/mol. The maximum Gasteiger partial charge on any atom is 0.269 e. The molecule has 1 N–H and O–H groups in total. The Labute approximate surface area is 109 Å². The van der Waals surface area contributed by atoms with E-state index >= 15 is 0 Å². The highest BCUT2D eigenvalue weighted by Gasteiger charge is 2.08. The van der Waals surface area contributed by atoms with E-state index < -0.39 is 0 Å². The molecule has 0 aromatic heterocycles. The van der Waals surface area contributed by atoms with Gasteiger partial charge in [0.15, 0.2) is 0 Å². The van der Waals surface area contributed by atoms with Crippen LogP contribution < -0.4 is 5.32 Å². The Hall–Kier alpha value is -1.42. The van der Waals surface area contributed by atoms with Crippen LogP contribution >= 0.6 is 0 Å². The summed E-state index contributed by atoms with van der Waals surface area (Å²) in [6.45, 7) is 7.27. The van der Waals surface area contributed by atoms with Crippen molar-refractivity contribution in [1.82, 2.24) is 5.32 Å². The average molecular weight is 250 g/mol. The fourth-order valence-electron chi connectivity index (χ4n) is 1.93. The summed E-state index contributed by atoms with van der Waals surface area (Å²) in [5.41, 5.74) is 1.11. The number of hydrogen-bond donors (Lipinski definition) is 1. The minimum atomic E-state index is -0.355. The lowest BCUT2D eigenvalue weighted by Crippen LogP contribution is -2.27. The van der Waals surface area contributed by atoms with Crippen LogP contribution in [0.2, 0.25) is 0 Å². The van der Waals surface area contributed by atoms with Gasteiger partial charge in [-0.15, -0.1) is 0 Å². The van der Waals surface area contributed by atoms with Gasteiger partial charge >= 0.3 is 0 Å². The van der Waals surface area contributed by atoms with E-state index in [1.807, 2.05) is 6.07 Å². The third-order valence-corrected chi connectivity index (χ3v) is 3.23. The van der Waals surface area contributed by atoms with Crippen molar-refractivity contribution in [3.05, 3.63) is 39.9 Å². The third kappa shape index (κ3) is 4.84. The van der Waals surface area contributed by atoms with E-state index in [-0.39, 0.29) is 10.6 Å². The molecule has 0 saturated carbocycles. The highest BCUT2D eigenvalue weighted by Crippen LogP contribution is 2.14. The van der Waals surface area contributed by atoms with Gasteiger partial charge in [0.2, 0.25) is 0 Å². The first-order valence-corrected chi connectivity index (χ1v) is 6.49. The Balaban J connectivity index is 2.48. The largest absolute Gasteiger partial charge is 0.310 e. The van der Waals surface area contributed by atoms with Crippen LogP contribution in [0.1, 0.15) is 39.2 Å². The zero-order chi connectivity index (χ0) is 13.5. The first-order valence-electron chi connectivity index (χ1n) is 6.49. The monoisotopic (exact) mass is 250 g/mol. The molecule has 1 rings (SSSR count). The van der Waals surface area contributed by atoms with Crippen LogP contribution in [0.5, 0.6) is 0 Å². The quantitative estimate of drug-likeness (QED) is 0.595. The van der Waals surface area contributed by atoms with Crippen LogP contribution in [0.25, 0.3) is 0 Å². The number of non-ortho nitro benzene ring substituents is 1. The SMILES string of the molecule is CCC(C)CC(C)NCc1cccc([N+](=O)[O-])c1. The van der Waals surface area contributed by atoms with Crippen molar-refractivity contribution < 1.29 is 4.92 Å². The van der Waals surface area contributed by atoms with E-state index in [9.17, 15) is 10.1 Å². The Morgan fingerprint density at radius 3 is 2.72 bits per heavy atom. The standard InChI is InChI=1S/C14H22N2O2/c1-4-11(2)8-12(3)15-10-13-6-5-7-14(9-13)16(17)18/h5-7,9,11-12,15H,4,8,10H2,1-3H3. The summed E-state index contributed by atoms with van der Waals surface area (Å²) in [6.07, 6.45) is 2.31.